The minimum absolute atomic E-state index is 0.123. The number of rotatable bonds is 6. The Balaban J connectivity index is 1.47. The van der Waals surface area contributed by atoms with E-state index in [-0.39, 0.29) is 23.4 Å². The van der Waals surface area contributed by atoms with Gasteiger partial charge in [-0.15, -0.1) is 0 Å². The first-order valence-corrected chi connectivity index (χ1v) is 10.1. The van der Waals surface area contributed by atoms with Crippen molar-refractivity contribution in [2.75, 3.05) is 0 Å². The first-order valence-electron chi connectivity index (χ1n) is 10.1. The van der Waals surface area contributed by atoms with Crippen LogP contribution in [0.15, 0.2) is 65.3 Å². The number of aryl methyl sites for hydroxylation is 2. The maximum Gasteiger partial charge on any atom is 0.223 e. The Hall–Kier alpha value is -3.54. The van der Waals surface area contributed by atoms with Crippen molar-refractivity contribution in [3.05, 3.63) is 94.9 Å². The summed E-state index contributed by atoms with van der Waals surface area (Å²) >= 11 is 0. The van der Waals surface area contributed by atoms with E-state index >= 15 is 0 Å². The Morgan fingerprint density at radius 3 is 2.23 bits per heavy atom. The van der Waals surface area contributed by atoms with E-state index < -0.39 is 5.82 Å². The predicted molar refractivity (Wildman–Crippen MR) is 116 cm³/mol. The quantitative estimate of drug-likeness (QED) is 0.397. The second kappa shape index (κ2) is 8.30. The molecule has 0 aliphatic rings. The topological polar surface area (TPSA) is 61.0 Å². The van der Waals surface area contributed by atoms with Gasteiger partial charge in [0.05, 0.1) is 17.5 Å². The number of benzene rings is 2. The lowest BCUT2D eigenvalue weighted by atomic mass is 9.78. The molecule has 0 bridgehead atoms. The van der Waals surface area contributed by atoms with Crippen LogP contribution in [0.2, 0.25) is 0 Å². The van der Waals surface area contributed by atoms with Crippen LogP contribution in [0.3, 0.4) is 0 Å². The summed E-state index contributed by atoms with van der Waals surface area (Å²) in [4.78, 5) is 8.18. The van der Waals surface area contributed by atoms with Gasteiger partial charge in [-0.1, -0.05) is 61.0 Å². The van der Waals surface area contributed by atoms with Crippen molar-refractivity contribution in [1.82, 2.24) is 15.1 Å². The maximum absolute atomic E-state index is 14.1. The van der Waals surface area contributed by atoms with Gasteiger partial charge in [0.2, 0.25) is 11.7 Å². The Labute approximate surface area is 180 Å². The van der Waals surface area contributed by atoms with E-state index in [0.717, 1.165) is 6.20 Å². The van der Waals surface area contributed by atoms with Gasteiger partial charge in [-0.25, -0.2) is 4.39 Å². The van der Waals surface area contributed by atoms with Gasteiger partial charge < -0.3 is 9.26 Å². The summed E-state index contributed by atoms with van der Waals surface area (Å²) in [5, 5.41) is 3.77. The van der Waals surface area contributed by atoms with E-state index in [4.69, 9.17) is 9.26 Å². The third kappa shape index (κ3) is 4.48. The fourth-order valence-corrected chi connectivity index (χ4v) is 3.40. The molecular formula is C25H24FN3O2. The number of nitrogens with zero attached hydrogens (tertiary/aromatic N) is 3. The van der Waals surface area contributed by atoms with Gasteiger partial charge in [-0.3, -0.25) is 4.98 Å². The summed E-state index contributed by atoms with van der Waals surface area (Å²) < 4.78 is 24.9. The lowest BCUT2D eigenvalue weighted by molar-refractivity contribution is 0.301. The minimum atomic E-state index is -0.507. The molecule has 0 aliphatic heterocycles. The Bertz CT molecular complexity index is 1180. The van der Waals surface area contributed by atoms with Gasteiger partial charge >= 0.3 is 0 Å². The van der Waals surface area contributed by atoms with Crippen LogP contribution >= 0.6 is 0 Å². The molecule has 2 heterocycles. The number of hydrogen-bond donors (Lipinski definition) is 0. The van der Waals surface area contributed by atoms with Crippen LogP contribution in [0.1, 0.15) is 42.1 Å². The van der Waals surface area contributed by atoms with Crippen LogP contribution in [0, 0.1) is 19.7 Å². The molecule has 0 amide bonds. The van der Waals surface area contributed by atoms with Crippen LogP contribution in [0.4, 0.5) is 4.39 Å². The van der Waals surface area contributed by atoms with Crippen molar-refractivity contribution in [2.45, 2.75) is 39.7 Å². The highest BCUT2D eigenvalue weighted by Gasteiger charge is 2.23. The molecule has 0 fully saturated rings. The van der Waals surface area contributed by atoms with Gasteiger partial charge in [-0.2, -0.15) is 4.98 Å². The summed E-state index contributed by atoms with van der Waals surface area (Å²) in [6.45, 7) is 8.35. The van der Waals surface area contributed by atoms with Crippen molar-refractivity contribution in [2.24, 2.45) is 0 Å². The van der Waals surface area contributed by atoms with Gasteiger partial charge in [0.15, 0.2) is 5.82 Å². The van der Waals surface area contributed by atoms with Crippen LogP contribution in [0.5, 0.6) is 5.75 Å². The van der Waals surface area contributed by atoms with Gasteiger partial charge in [0.1, 0.15) is 12.4 Å². The molecule has 5 nitrogen and oxygen atoms in total. The molecule has 2 aromatic heterocycles. The molecule has 2 aromatic carbocycles. The molecule has 0 radical (unpaired) electrons. The number of hydrogen-bond acceptors (Lipinski definition) is 5. The third-order valence-corrected chi connectivity index (χ3v) is 5.42. The van der Waals surface area contributed by atoms with Crippen molar-refractivity contribution >= 4 is 0 Å². The molecule has 158 valence electrons. The van der Waals surface area contributed by atoms with Crippen LogP contribution in [-0.2, 0) is 12.0 Å². The van der Waals surface area contributed by atoms with E-state index in [0.29, 0.717) is 17.3 Å². The molecule has 0 saturated carbocycles. The van der Waals surface area contributed by atoms with Crippen LogP contribution in [0.25, 0.3) is 11.4 Å². The number of pyridine rings is 1. The lowest BCUT2D eigenvalue weighted by Crippen LogP contribution is -2.18. The first-order chi connectivity index (χ1) is 14.8. The zero-order valence-electron chi connectivity index (χ0n) is 18.0. The third-order valence-electron chi connectivity index (χ3n) is 5.42. The summed E-state index contributed by atoms with van der Waals surface area (Å²) in [6.07, 6.45) is 1.15. The van der Waals surface area contributed by atoms with Crippen LogP contribution < -0.4 is 4.74 Å². The number of aromatic nitrogens is 3. The standard InChI is InChI=1S/C25H24FN3O2/c1-16-5-7-18(8-6-16)25(3,4)19-9-11-21(12-10-19)30-15-20-13-22(23(26)14-27-20)24-28-17(2)31-29-24/h5-14H,15H2,1-4H3. The van der Waals surface area contributed by atoms with Crippen LogP contribution in [-0.4, -0.2) is 15.1 Å². The van der Waals surface area contributed by atoms with E-state index in [1.54, 1.807) is 13.0 Å². The van der Waals surface area contributed by atoms with Crippen molar-refractivity contribution in [3.8, 4) is 17.1 Å². The Morgan fingerprint density at radius 1 is 0.968 bits per heavy atom. The molecule has 6 heteroatoms. The molecule has 0 saturated heterocycles. The summed E-state index contributed by atoms with van der Waals surface area (Å²) in [5.41, 5.74) is 4.38. The normalized spacial score (nSPS) is 11.5. The molecule has 0 aliphatic carbocycles. The Morgan fingerprint density at radius 2 is 1.61 bits per heavy atom. The van der Waals surface area contributed by atoms with Crippen molar-refractivity contribution in [1.29, 1.82) is 0 Å². The van der Waals surface area contributed by atoms with Gasteiger partial charge in [0.25, 0.3) is 0 Å². The van der Waals surface area contributed by atoms with E-state index in [9.17, 15) is 4.39 Å². The number of halogens is 1. The fourth-order valence-electron chi connectivity index (χ4n) is 3.40. The molecule has 31 heavy (non-hydrogen) atoms. The average Bonchev–Trinajstić information content (AvgIpc) is 3.20. The number of ether oxygens (including phenoxy) is 1. The molecule has 4 aromatic rings. The zero-order valence-corrected chi connectivity index (χ0v) is 18.0. The average molecular weight is 417 g/mol. The fraction of sp³-hybridized carbons (Fsp3) is 0.240. The molecular weight excluding hydrogens is 393 g/mol. The highest BCUT2D eigenvalue weighted by molar-refractivity contribution is 5.55. The van der Waals surface area contributed by atoms with Crippen molar-refractivity contribution < 1.29 is 13.7 Å². The summed E-state index contributed by atoms with van der Waals surface area (Å²) in [6, 6.07) is 18.2. The maximum atomic E-state index is 14.1. The second-order valence-electron chi connectivity index (χ2n) is 8.10. The second-order valence-corrected chi connectivity index (χ2v) is 8.10. The summed E-state index contributed by atoms with van der Waals surface area (Å²) in [7, 11) is 0. The van der Waals surface area contributed by atoms with Gasteiger partial charge in [-0.05, 0) is 36.2 Å². The van der Waals surface area contributed by atoms with E-state index in [1.807, 2.05) is 12.1 Å². The minimum Gasteiger partial charge on any atom is -0.487 e. The zero-order chi connectivity index (χ0) is 22.0. The Kier molecular flexibility index (Phi) is 5.55. The van der Waals surface area contributed by atoms with Gasteiger partial charge in [0, 0.05) is 12.3 Å². The molecule has 0 atom stereocenters. The van der Waals surface area contributed by atoms with Crippen molar-refractivity contribution in [3.63, 3.8) is 0 Å². The molecule has 4 rings (SSSR count). The molecule has 0 unspecified atom stereocenters. The predicted octanol–water partition coefficient (Wildman–Crippen LogP) is 5.79. The smallest absolute Gasteiger partial charge is 0.223 e. The summed E-state index contributed by atoms with van der Waals surface area (Å²) in [5.74, 6) is 0.776. The monoisotopic (exact) mass is 417 g/mol. The molecule has 0 spiro atoms. The highest BCUT2D eigenvalue weighted by Crippen LogP contribution is 2.32. The first kappa shape index (κ1) is 20.7. The highest BCUT2D eigenvalue weighted by atomic mass is 19.1. The molecule has 0 N–H and O–H groups in total. The lowest BCUT2D eigenvalue weighted by Gasteiger charge is -2.26. The van der Waals surface area contributed by atoms with E-state index in [2.05, 4.69) is 72.3 Å². The van der Waals surface area contributed by atoms with E-state index in [1.165, 1.54) is 16.7 Å². The largest absolute Gasteiger partial charge is 0.487 e. The SMILES string of the molecule is Cc1ccc(C(C)(C)c2ccc(OCc3cc(-c4noc(C)n4)c(F)cn3)cc2)cc1.